The van der Waals surface area contributed by atoms with Gasteiger partial charge in [-0.05, 0) is 26.0 Å². The van der Waals surface area contributed by atoms with Crippen molar-refractivity contribution in [2.45, 2.75) is 13.8 Å². The predicted molar refractivity (Wildman–Crippen MR) is 101 cm³/mol. The molecule has 0 atom stereocenters. The van der Waals surface area contributed by atoms with Crippen LogP contribution in [0.3, 0.4) is 0 Å². The summed E-state index contributed by atoms with van der Waals surface area (Å²) >= 11 is 1.39. The lowest BCUT2D eigenvalue weighted by atomic mass is 10.2. The summed E-state index contributed by atoms with van der Waals surface area (Å²) in [5, 5.41) is 3.85. The number of aryl methyl sites for hydroxylation is 2. The van der Waals surface area contributed by atoms with Gasteiger partial charge in [0.1, 0.15) is 16.1 Å². The van der Waals surface area contributed by atoms with Crippen LogP contribution in [0.4, 0.5) is 5.69 Å². The second-order valence-electron chi connectivity index (χ2n) is 5.70. The summed E-state index contributed by atoms with van der Waals surface area (Å²) in [7, 11) is 0. The van der Waals surface area contributed by atoms with Crippen molar-refractivity contribution < 1.29 is 9.21 Å². The minimum Gasteiger partial charge on any atom is -0.402 e. The number of aromatic nitrogens is 4. The predicted octanol–water partition coefficient (Wildman–Crippen LogP) is 2.97. The molecular formula is C18H13N5O3S. The van der Waals surface area contributed by atoms with Gasteiger partial charge in [0, 0.05) is 12.4 Å². The second kappa shape index (κ2) is 6.69. The van der Waals surface area contributed by atoms with E-state index in [1.54, 1.807) is 18.2 Å². The van der Waals surface area contributed by atoms with E-state index in [9.17, 15) is 9.59 Å². The maximum Gasteiger partial charge on any atom is 0.347 e. The molecule has 0 unspecified atom stereocenters. The Kier molecular flexibility index (Phi) is 4.21. The zero-order valence-corrected chi connectivity index (χ0v) is 15.2. The van der Waals surface area contributed by atoms with Crippen LogP contribution < -0.4 is 10.9 Å². The van der Waals surface area contributed by atoms with Gasteiger partial charge in [-0.3, -0.25) is 9.78 Å². The summed E-state index contributed by atoms with van der Waals surface area (Å²) in [5.41, 5.74) is 1.08. The number of hydrogen-bond acceptors (Lipinski definition) is 8. The zero-order valence-electron chi connectivity index (χ0n) is 14.4. The van der Waals surface area contributed by atoms with Gasteiger partial charge >= 0.3 is 5.63 Å². The van der Waals surface area contributed by atoms with E-state index in [-0.39, 0.29) is 17.0 Å². The fraction of sp³-hybridized carbons (Fsp3) is 0.111. The molecule has 4 aromatic rings. The number of anilines is 1. The molecule has 4 rings (SSSR count). The van der Waals surface area contributed by atoms with E-state index in [2.05, 4.69) is 25.3 Å². The second-order valence-corrected chi connectivity index (χ2v) is 6.90. The third kappa shape index (κ3) is 3.20. The number of benzene rings is 1. The van der Waals surface area contributed by atoms with Crippen LogP contribution in [-0.2, 0) is 0 Å². The maximum absolute atomic E-state index is 12.4. The molecular weight excluding hydrogens is 366 g/mol. The number of carbonyl (C=O) groups excluding carboxylic acids is 1. The lowest BCUT2D eigenvalue weighted by Gasteiger charge is -2.08. The van der Waals surface area contributed by atoms with Gasteiger partial charge in [-0.1, -0.05) is 6.07 Å². The maximum atomic E-state index is 12.4. The average molecular weight is 379 g/mol. The average Bonchev–Trinajstić information content (AvgIpc) is 3.01. The fourth-order valence-corrected chi connectivity index (χ4v) is 3.47. The van der Waals surface area contributed by atoms with Gasteiger partial charge in [0.2, 0.25) is 5.89 Å². The summed E-state index contributed by atoms with van der Waals surface area (Å²) in [6, 6.07) is 4.91. The van der Waals surface area contributed by atoms with Crippen LogP contribution in [0.2, 0.25) is 0 Å². The lowest BCUT2D eigenvalue weighted by molar-refractivity contribution is 0.102. The molecule has 0 saturated carbocycles. The van der Waals surface area contributed by atoms with E-state index in [1.165, 1.54) is 29.9 Å². The van der Waals surface area contributed by atoms with Gasteiger partial charge in [-0.2, -0.15) is 0 Å². The number of nitrogens with zero attached hydrogens (tertiary/aromatic N) is 4. The Morgan fingerprint density at radius 1 is 1.19 bits per heavy atom. The quantitative estimate of drug-likeness (QED) is 0.582. The Bertz CT molecular complexity index is 1220. The first-order valence-electron chi connectivity index (χ1n) is 7.98. The lowest BCUT2D eigenvalue weighted by Crippen LogP contribution is -2.15. The van der Waals surface area contributed by atoms with E-state index in [0.29, 0.717) is 16.1 Å². The third-order valence-electron chi connectivity index (χ3n) is 3.80. The minimum atomic E-state index is -0.531. The number of carbonyl (C=O) groups is 1. The molecule has 0 fully saturated rings. The van der Waals surface area contributed by atoms with E-state index in [4.69, 9.17) is 4.42 Å². The summed E-state index contributed by atoms with van der Waals surface area (Å²) in [4.78, 5) is 42.2. The molecule has 27 heavy (non-hydrogen) atoms. The smallest absolute Gasteiger partial charge is 0.347 e. The number of hydrogen-bond donors (Lipinski definition) is 1. The van der Waals surface area contributed by atoms with Gasteiger partial charge in [0.25, 0.3) is 5.91 Å². The van der Waals surface area contributed by atoms with Crippen molar-refractivity contribution in [2.24, 2.45) is 0 Å². The topological polar surface area (TPSA) is 111 Å². The van der Waals surface area contributed by atoms with Gasteiger partial charge in [0.05, 0.1) is 28.0 Å². The summed E-state index contributed by atoms with van der Waals surface area (Å²) in [6.07, 6.45) is 4.27. The minimum absolute atomic E-state index is 0.159. The number of thiazole rings is 1. The van der Waals surface area contributed by atoms with Crippen molar-refractivity contribution in [2.75, 3.05) is 5.32 Å². The number of fused-ring (bicyclic) bond motifs is 1. The van der Waals surface area contributed by atoms with E-state index < -0.39 is 11.5 Å². The monoisotopic (exact) mass is 379 g/mol. The Morgan fingerprint density at radius 2 is 2.04 bits per heavy atom. The van der Waals surface area contributed by atoms with Crippen LogP contribution in [-0.4, -0.2) is 25.8 Å². The van der Waals surface area contributed by atoms with Crippen molar-refractivity contribution in [1.29, 1.82) is 0 Å². The van der Waals surface area contributed by atoms with Crippen LogP contribution in [0.15, 0.2) is 46.0 Å². The molecule has 134 valence electrons. The molecule has 3 heterocycles. The highest BCUT2D eigenvalue weighted by Crippen LogP contribution is 2.30. The molecule has 1 aromatic carbocycles. The highest BCUT2D eigenvalue weighted by atomic mass is 32.1. The number of nitrogens with one attached hydrogen (secondary N) is 1. The number of amides is 1. The Labute approximate surface area is 157 Å². The van der Waals surface area contributed by atoms with Crippen LogP contribution in [0.1, 0.15) is 21.2 Å². The summed E-state index contributed by atoms with van der Waals surface area (Å²) in [6.45, 7) is 3.69. The molecule has 3 aromatic heterocycles. The number of rotatable bonds is 3. The van der Waals surface area contributed by atoms with Gasteiger partial charge in [-0.15, -0.1) is 11.3 Å². The molecule has 0 radical (unpaired) electrons. The molecule has 1 amide bonds. The normalized spacial score (nSPS) is 10.9. The third-order valence-corrected chi connectivity index (χ3v) is 4.86. The Hall–Kier alpha value is -3.46. The van der Waals surface area contributed by atoms with E-state index >= 15 is 0 Å². The van der Waals surface area contributed by atoms with Crippen LogP contribution >= 0.6 is 11.3 Å². The van der Waals surface area contributed by atoms with E-state index in [0.717, 1.165) is 10.7 Å². The molecule has 0 saturated heterocycles. The number of para-hydroxylation sites is 1. The molecule has 8 nitrogen and oxygen atoms in total. The van der Waals surface area contributed by atoms with Crippen molar-refractivity contribution in [1.82, 2.24) is 19.9 Å². The fourth-order valence-electron chi connectivity index (χ4n) is 2.63. The van der Waals surface area contributed by atoms with E-state index in [1.807, 2.05) is 13.8 Å². The molecule has 0 aliphatic heterocycles. The summed E-state index contributed by atoms with van der Waals surface area (Å²) < 4.78 is 5.38. The summed E-state index contributed by atoms with van der Waals surface area (Å²) in [5.74, 6) is -0.270. The highest BCUT2D eigenvalue weighted by Gasteiger charge is 2.17. The highest BCUT2D eigenvalue weighted by molar-refractivity contribution is 7.15. The van der Waals surface area contributed by atoms with Gasteiger partial charge < -0.3 is 9.73 Å². The van der Waals surface area contributed by atoms with Gasteiger partial charge in [0.15, 0.2) is 0 Å². The molecule has 0 bridgehead atoms. The largest absolute Gasteiger partial charge is 0.402 e. The first kappa shape index (κ1) is 17.0. The van der Waals surface area contributed by atoms with Crippen molar-refractivity contribution in [3.8, 4) is 10.8 Å². The molecule has 1 N–H and O–H groups in total. The van der Waals surface area contributed by atoms with Crippen LogP contribution in [0.25, 0.3) is 21.7 Å². The molecule has 0 aliphatic rings. The first-order valence-corrected chi connectivity index (χ1v) is 8.80. The van der Waals surface area contributed by atoms with Crippen molar-refractivity contribution in [3.05, 3.63) is 63.6 Å². The van der Waals surface area contributed by atoms with Gasteiger partial charge in [-0.25, -0.2) is 19.7 Å². The molecule has 0 spiro atoms. The molecule has 0 aliphatic carbocycles. The van der Waals surface area contributed by atoms with Crippen LogP contribution in [0.5, 0.6) is 0 Å². The molecule has 9 heteroatoms. The van der Waals surface area contributed by atoms with Crippen molar-refractivity contribution >= 4 is 33.8 Å². The Morgan fingerprint density at radius 3 is 2.74 bits per heavy atom. The van der Waals surface area contributed by atoms with Crippen molar-refractivity contribution in [3.63, 3.8) is 0 Å². The standard InChI is InChI=1S/C18H13N5O3S/c1-9-15(27-10(2)21-9)17-23-14-11(18(25)26-17)4-3-5-12(14)22-16(24)13-8-19-6-7-20-13/h3-8H,1-2H3,(H,22,24). The first-order chi connectivity index (χ1) is 13.0. The Balaban J connectivity index is 1.83. The SMILES string of the molecule is Cc1nc(C)c(-c2nc3c(NC(=O)c4cnccn4)cccc3c(=O)o2)s1. The van der Waals surface area contributed by atoms with Crippen LogP contribution in [0, 0.1) is 13.8 Å². The zero-order chi connectivity index (χ0) is 19.0.